The number of hydrogen-bond donors (Lipinski definition) is 2. The molecule has 4 rings (SSSR count). The summed E-state index contributed by atoms with van der Waals surface area (Å²) >= 11 is 0. The lowest BCUT2D eigenvalue weighted by atomic mass is 10.1. The second-order valence-corrected chi connectivity index (χ2v) is 8.77. The number of aromatic nitrogens is 1. The highest BCUT2D eigenvalue weighted by molar-refractivity contribution is 5.92. The van der Waals surface area contributed by atoms with Gasteiger partial charge in [0.05, 0.1) is 6.61 Å². The molecule has 4 aromatic rings. The number of carbonyl (C=O) groups is 2. The van der Waals surface area contributed by atoms with Gasteiger partial charge in [-0.2, -0.15) is 0 Å². The van der Waals surface area contributed by atoms with Crippen molar-refractivity contribution < 1.29 is 18.7 Å². The SMILES string of the molecule is COCCN(CC(=O)N(CCc1c[nH]c2ccccc12)Cc1ccccc1)C(=O)Nc1cccc(F)c1. The Morgan fingerprint density at radius 3 is 2.51 bits per heavy atom. The number of ether oxygens (including phenoxy) is 1. The Morgan fingerprint density at radius 1 is 0.946 bits per heavy atom. The van der Waals surface area contributed by atoms with E-state index in [0.717, 1.165) is 22.0 Å². The van der Waals surface area contributed by atoms with Crippen molar-refractivity contribution in [3.8, 4) is 0 Å². The number of nitrogens with one attached hydrogen (secondary N) is 2. The smallest absolute Gasteiger partial charge is 0.322 e. The van der Waals surface area contributed by atoms with Gasteiger partial charge in [-0.05, 0) is 41.8 Å². The Balaban J connectivity index is 1.49. The average molecular weight is 503 g/mol. The van der Waals surface area contributed by atoms with Crippen molar-refractivity contribution in [2.75, 3.05) is 38.7 Å². The van der Waals surface area contributed by atoms with Gasteiger partial charge in [0, 0.05) is 49.5 Å². The maximum atomic E-state index is 13.6. The third-order valence-corrected chi connectivity index (χ3v) is 6.15. The van der Waals surface area contributed by atoms with E-state index in [1.807, 2.05) is 54.7 Å². The molecule has 0 saturated heterocycles. The molecule has 0 spiro atoms. The number of carbonyl (C=O) groups excluding carboxylic acids is 2. The van der Waals surface area contributed by atoms with E-state index >= 15 is 0 Å². The molecule has 0 atom stereocenters. The van der Waals surface area contributed by atoms with Crippen LogP contribution in [-0.2, 0) is 22.5 Å². The standard InChI is InChI=1S/C29H31FN4O3/c1-37-17-16-34(29(36)32-25-11-7-10-24(30)18-25)21-28(35)33(20-22-8-3-2-4-9-22)15-14-23-19-31-27-13-6-5-12-26(23)27/h2-13,18-19,31H,14-17,20-21H2,1H3,(H,32,36). The normalized spacial score (nSPS) is 10.9. The molecule has 0 aliphatic carbocycles. The summed E-state index contributed by atoms with van der Waals surface area (Å²) in [6.07, 6.45) is 2.64. The number of nitrogens with zero attached hydrogens (tertiary/aromatic N) is 2. The first-order valence-corrected chi connectivity index (χ1v) is 12.2. The maximum absolute atomic E-state index is 13.6. The summed E-state index contributed by atoms with van der Waals surface area (Å²) in [5.74, 6) is -0.641. The van der Waals surface area contributed by atoms with Crippen LogP contribution in [0.1, 0.15) is 11.1 Å². The molecular formula is C29H31FN4O3. The number of aromatic amines is 1. The fourth-order valence-corrected chi connectivity index (χ4v) is 4.18. The van der Waals surface area contributed by atoms with Crippen molar-refractivity contribution in [2.24, 2.45) is 0 Å². The van der Waals surface area contributed by atoms with E-state index in [1.165, 1.54) is 30.2 Å². The van der Waals surface area contributed by atoms with Gasteiger partial charge < -0.3 is 24.8 Å². The number of fused-ring (bicyclic) bond motifs is 1. The second-order valence-electron chi connectivity index (χ2n) is 8.77. The van der Waals surface area contributed by atoms with E-state index in [2.05, 4.69) is 16.4 Å². The lowest BCUT2D eigenvalue weighted by molar-refractivity contribution is -0.132. The van der Waals surface area contributed by atoms with E-state index in [-0.39, 0.29) is 25.6 Å². The zero-order valence-corrected chi connectivity index (χ0v) is 20.8. The molecule has 0 unspecified atom stereocenters. The monoisotopic (exact) mass is 502 g/mol. The van der Waals surface area contributed by atoms with Crippen molar-refractivity contribution in [1.29, 1.82) is 0 Å². The highest BCUT2D eigenvalue weighted by Crippen LogP contribution is 2.19. The quantitative estimate of drug-likeness (QED) is 0.301. The van der Waals surface area contributed by atoms with Gasteiger partial charge in [-0.1, -0.05) is 54.6 Å². The molecule has 0 aliphatic heterocycles. The number of para-hydroxylation sites is 1. The third kappa shape index (κ3) is 7.17. The summed E-state index contributed by atoms with van der Waals surface area (Å²) < 4.78 is 18.8. The molecule has 7 nitrogen and oxygen atoms in total. The van der Waals surface area contributed by atoms with Crippen LogP contribution in [0.25, 0.3) is 10.9 Å². The predicted octanol–water partition coefficient (Wildman–Crippen LogP) is 5.06. The maximum Gasteiger partial charge on any atom is 0.322 e. The molecular weight excluding hydrogens is 471 g/mol. The van der Waals surface area contributed by atoms with Crippen molar-refractivity contribution in [2.45, 2.75) is 13.0 Å². The lowest BCUT2D eigenvalue weighted by Crippen LogP contribution is -2.46. The molecule has 2 N–H and O–H groups in total. The predicted molar refractivity (Wildman–Crippen MR) is 143 cm³/mol. The number of rotatable bonds is 11. The Kier molecular flexibility index (Phi) is 8.89. The van der Waals surface area contributed by atoms with Crippen LogP contribution in [0.3, 0.4) is 0 Å². The molecule has 3 aromatic carbocycles. The summed E-state index contributed by atoms with van der Waals surface area (Å²) in [4.78, 5) is 33.0. The van der Waals surface area contributed by atoms with Crippen LogP contribution < -0.4 is 5.32 Å². The zero-order chi connectivity index (χ0) is 26.0. The minimum Gasteiger partial charge on any atom is -0.383 e. The van der Waals surface area contributed by atoms with Gasteiger partial charge in [-0.15, -0.1) is 0 Å². The van der Waals surface area contributed by atoms with Gasteiger partial charge in [-0.25, -0.2) is 9.18 Å². The Bertz CT molecular complexity index is 1330. The summed E-state index contributed by atoms with van der Waals surface area (Å²) in [5, 5.41) is 3.81. The second kappa shape index (κ2) is 12.7. The van der Waals surface area contributed by atoms with Crippen molar-refractivity contribution in [3.63, 3.8) is 0 Å². The molecule has 0 aliphatic rings. The number of urea groups is 1. The number of anilines is 1. The molecule has 8 heteroatoms. The molecule has 0 bridgehead atoms. The van der Waals surface area contributed by atoms with Crippen molar-refractivity contribution >= 4 is 28.5 Å². The summed E-state index contributed by atoms with van der Waals surface area (Å²) in [6, 6.07) is 23.0. The molecule has 0 saturated carbocycles. The number of halogens is 1. The molecule has 3 amide bonds. The minimum atomic E-state index is -0.493. The van der Waals surface area contributed by atoms with Gasteiger partial charge in [0.1, 0.15) is 12.4 Å². The number of amides is 3. The van der Waals surface area contributed by atoms with Gasteiger partial charge in [0.15, 0.2) is 0 Å². The van der Waals surface area contributed by atoms with E-state index < -0.39 is 11.8 Å². The van der Waals surface area contributed by atoms with Crippen LogP contribution in [0.4, 0.5) is 14.9 Å². The highest BCUT2D eigenvalue weighted by Gasteiger charge is 2.22. The fraction of sp³-hybridized carbons (Fsp3) is 0.241. The van der Waals surface area contributed by atoms with Crippen LogP contribution in [0.2, 0.25) is 0 Å². The van der Waals surface area contributed by atoms with Crippen molar-refractivity contribution in [1.82, 2.24) is 14.8 Å². The third-order valence-electron chi connectivity index (χ3n) is 6.15. The van der Waals surface area contributed by atoms with E-state index in [9.17, 15) is 14.0 Å². The Morgan fingerprint density at radius 2 is 1.73 bits per heavy atom. The van der Waals surface area contributed by atoms with Crippen LogP contribution >= 0.6 is 0 Å². The molecule has 192 valence electrons. The summed E-state index contributed by atoms with van der Waals surface area (Å²) in [5.41, 5.74) is 3.50. The van der Waals surface area contributed by atoms with Gasteiger partial charge in [0.2, 0.25) is 5.91 Å². The van der Waals surface area contributed by atoms with E-state index in [1.54, 1.807) is 11.0 Å². The molecule has 0 fully saturated rings. The molecule has 1 aromatic heterocycles. The first-order chi connectivity index (χ1) is 18.0. The van der Waals surface area contributed by atoms with E-state index in [4.69, 9.17) is 4.74 Å². The van der Waals surface area contributed by atoms with Crippen LogP contribution in [0, 0.1) is 5.82 Å². The van der Waals surface area contributed by atoms with Crippen LogP contribution in [0.15, 0.2) is 85.1 Å². The number of H-pyrrole nitrogens is 1. The van der Waals surface area contributed by atoms with Gasteiger partial charge >= 0.3 is 6.03 Å². The summed E-state index contributed by atoms with van der Waals surface area (Å²) in [7, 11) is 1.54. The number of methoxy groups -OCH3 is 1. The lowest BCUT2D eigenvalue weighted by Gasteiger charge is -2.28. The summed E-state index contributed by atoms with van der Waals surface area (Å²) in [6.45, 7) is 1.25. The topological polar surface area (TPSA) is 77.7 Å². The molecule has 1 heterocycles. The Labute approximate surface area is 215 Å². The van der Waals surface area contributed by atoms with Gasteiger partial charge in [-0.3, -0.25) is 4.79 Å². The largest absolute Gasteiger partial charge is 0.383 e. The number of hydrogen-bond acceptors (Lipinski definition) is 3. The van der Waals surface area contributed by atoms with Crippen molar-refractivity contribution in [3.05, 3.63) is 102 Å². The highest BCUT2D eigenvalue weighted by atomic mass is 19.1. The Hall–Kier alpha value is -4.17. The first-order valence-electron chi connectivity index (χ1n) is 12.2. The van der Waals surface area contributed by atoms with Gasteiger partial charge in [0.25, 0.3) is 0 Å². The first kappa shape index (κ1) is 25.9. The minimum absolute atomic E-state index is 0.134. The molecule has 37 heavy (non-hydrogen) atoms. The molecule has 0 radical (unpaired) electrons. The fourth-order valence-electron chi connectivity index (χ4n) is 4.18. The average Bonchev–Trinajstić information content (AvgIpc) is 3.32. The number of benzene rings is 3. The van der Waals surface area contributed by atoms with Crippen LogP contribution in [-0.4, -0.2) is 60.1 Å². The zero-order valence-electron chi connectivity index (χ0n) is 20.8. The van der Waals surface area contributed by atoms with Crippen LogP contribution in [0.5, 0.6) is 0 Å². The van der Waals surface area contributed by atoms with E-state index in [0.29, 0.717) is 25.2 Å².